The van der Waals surface area contributed by atoms with Gasteiger partial charge in [-0.1, -0.05) is 39.0 Å². The van der Waals surface area contributed by atoms with E-state index < -0.39 is 5.60 Å². The number of hydrogen-bond acceptors (Lipinski definition) is 6. The Balaban J connectivity index is 1.80. The van der Waals surface area contributed by atoms with Crippen LogP contribution in [0.5, 0.6) is 0 Å². The standard InChI is InChI=1S/C32H37N5O/c1-8-24-19-27(36-35-26-12-14-28(15-13-26)37(7)18-17-22(2)3)11-9-25(24)10-16-30-29(21-34)31(23(4)20-33)38-32(30,5)6/h9-16,19,22H,8,17-18H2,1-7H3/b16-10+,31-23+,36-35?. The number of rotatable bonds is 9. The average Bonchev–Trinajstić information content (AvgIpc) is 3.18. The zero-order valence-electron chi connectivity index (χ0n) is 23.5. The van der Waals surface area contributed by atoms with Gasteiger partial charge in [0.25, 0.3) is 0 Å². The summed E-state index contributed by atoms with van der Waals surface area (Å²) in [4.78, 5) is 2.26. The summed E-state index contributed by atoms with van der Waals surface area (Å²) in [6.07, 6.45) is 5.90. The van der Waals surface area contributed by atoms with Crippen molar-refractivity contribution in [3.63, 3.8) is 0 Å². The van der Waals surface area contributed by atoms with Crippen molar-refractivity contribution >= 4 is 23.1 Å². The molecule has 0 bridgehead atoms. The average molecular weight is 508 g/mol. The number of ether oxygens (including phenoxy) is 1. The van der Waals surface area contributed by atoms with Crippen LogP contribution >= 0.6 is 0 Å². The summed E-state index contributed by atoms with van der Waals surface area (Å²) in [5.41, 5.74) is 5.79. The quantitative estimate of drug-likeness (QED) is 0.251. The molecule has 1 heterocycles. The summed E-state index contributed by atoms with van der Waals surface area (Å²) in [7, 11) is 2.11. The molecule has 0 aliphatic carbocycles. The third-order valence-corrected chi connectivity index (χ3v) is 6.67. The molecule has 0 N–H and O–H groups in total. The van der Waals surface area contributed by atoms with E-state index >= 15 is 0 Å². The summed E-state index contributed by atoms with van der Waals surface area (Å²) >= 11 is 0. The van der Waals surface area contributed by atoms with Gasteiger partial charge < -0.3 is 9.64 Å². The number of hydrogen-bond donors (Lipinski definition) is 0. The number of anilines is 1. The van der Waals surface area contributed by atoms with Gasteiger partial charge in [-0.3, -0.25) is 0 Å². The van der Waals surface area contributed by atoms with Crippen LogP contribution in [-0.2, 0) is 11.2 Å². The van der Waals surface area contributed by atoms with Crippen LogP contribution in [0.15, 0.2) is 81.2 Å². The molecule has 1 aliphatic rings. The first kappa shape index (κ1) is 28.4. The molecule has 196 valence electrons. The van der Waals surface area contributed by atoms with Crippen molar-refractivity contribution in [2.24, 2.45) is 16.1 Å². The van der Waals surface area contributed by atoms with E-state index in [2.05, 4.69) is 67.2 Å². The van der Waals surface area contributed by atoms with Crippen LogP contribution in [0, 0.1) is 28.6 Å². The molecule has 2 aromatic carbocycles. The van der Waals surface area contributed by atoms with Crippen molar-refractivity contribution in [2.45, 2.75) is 60.0 Å². The predicted molar refractivity (Wildman–Crippen MR) is 154 cm³/mol. The van der Waals surface area contributed by atoms with E-state index in [0.29, 0.717) is 22.8 Å². The van der Waals surface area contributed by atoms with Crippen LogP contribution < -0.4 is 4.90 Å². The molecule has 6 nitrogen and oxygen atoms in total. The minimum absolute atomic E-state index is 0.362. The van der Waals surface area contributed by atoms with Crippen LogP contribution in [0.4, 0.5) is 17.1 Å². The van der Waals surface area contributed by atoms with Crippen molar-refractivity contribution in [3.8, 4) is 12.1 Å². The SMILES string of the molecule is CCc1cc(N=Nc2ccc(N(C)CCC(C)C)cc2)ccc1/C=C/C1=C(C#N)C(=C(/C)C#N)/OC1(C)C. The summed E-state index contributed by atoms with van der Waals surface area (Å²) in [5.74, 6) is 1.04. The Kier molecular flexibility index (Phi) is 9.26. The van der Waals surface area contributed by atoms with Gasteiger partial charge >= 0.3 is 0 Å². The van der Waals surface area contributed by atoms with Crippen LogP contribution in [0.1, 0.15) is 59.1 Å². The van der Waals surface area contributed by atoms with Gasteiger partial charge in [0.1, 0.15) is 17.2 Å². The molecular formula is C32H37N5O. The van der Waals surface area contributed by atoms with E-state index in [-0.39, 0.29) is 0 Å². The summed E-state index contributed by atoms with van der Waals surface area (Å²) in [6, 6.07) is 18.5. The number of azo groups is 1. The number of nitrogens with zero attached hydrogens (tertiary/aromatic N) is 5. The Bertz CT molecular complexity index is 1360. The molecule has 0 saturated heterocycles. The molecule has 0 radical (unpaired) electrons. The van der Waals surface area contributed by atoms with Crippen LogP contribution in [0.2, 0.25) is 0 Å². The zero-order valence-corrected chi connectivity index (χ0v) is 23.5. The van der Waals surface area contributed by atoms with Crippen molar-refractivity contribution in [1.29, 1.82) is 10.5 Å². The lowest BCUT2D eigenvalue weighted by Crippen LogP contribution is -2.20. The van der Waals surface area contributed by atoms with E-state index in [1.54, 1.807) is 6.92 Å². The summed E-state index contributed by atoms with van der Waals surface area (Å²) in [6.45, 7) is 13.1. The number of benzene rings is 2. The molecule has 0 atom stereocenters. The fraction of sp³-hybridized carbons (Fsp3) is 0.375. The maximum absolute atomic E-state index is 9.77. The topological polar surface area (TPSA) is 84.8 Å². The van der Waals surface area contributed by atoms with E-state index in [1.165, 1.54) is 5.69 Å². The first-order valence-corrected chi connectivity index (χ1v) is 13.1. The Morgan fingerprint density at radius 1 is 1.05 bits per heavy atom. The Hall–Kier alpha value is -4.16. The lowest BCUT2D eigenvalue weighted by Gasteiger charge is -2.21. The first-order chi connectivity index (χ1) is 18.1. The van der Waals surface area contributed by atoms with Crippen LogP contribution in [-0.4, -0.2) is 19.2 Å². The number of allylic oxidation sites excluding steroid dienone is 2. The normalized spacial score (nSPS) is 16.2. The van der Waals surface area contributed by atoms with Gasteiger partial charge in [0.15, 0.2) is 5.76 Å². The predicted octanol–water partition coefficient (Wildman–Crippen LogP) is 8.59. The molecule has 38 heavy (non-hydrogen) atoms. The van der Waals surface area contributed by atoms with Gasteiger partial charge in [-0.05, 0) is 87.1 Å². The Morgan fingerprint density at radius 3 is 2.32 bits per heavy atom. The van der Waals surface area contributed by atoms with Gasteiger partial charge in [0.05, 0.1) is 23.0 Å². The van der Waals surface area contributed by atoms with Crippen LogP contribution in [0.25, 0.3) is 6.08 Å². The smallest absolute Gasteiger partial charge is 0.152 e. The molecule has 0 spiro atoms. The fourth-order valence-corrected chi connectivity index (χ4v) is 4.26. The van der Waals surface area contributed by atoms with Gasteiger partial charge in [-0.15, -0.1) is 0 Å². The molecule has 3 rings (SSSR count). The highest BCUT2D eigenvalue weighted by Crippen LogP contribution is 2.40. The third-order valence-electron chi connectivity index (χ3n) is 6.67. The second kappa shape index (κ2) is 12.4. The van der Waals surface area contributed by atoms with Gasteiger partial charge in [0.2, 0.25) is 0 Å². The van der Waals surface area contributed by atoms with Crippen molar-refractivity contribution in [2.75, 3.05) is 18.5 Å². The van der Waals surface area contributed by atoms with E-state index in [1.807, 2.05) is 56.3 Å². The Morgan fingerprint density at radius 2 is 1.71 bits per heavy atom. The largest absolute Gasteiger partial charge is 0.481 e. The molecule has 0 fully saturated rings. The molecule has 0 unspecified atom stereocenters. The molecule has 2 aromatic rings. The number of nitriles is 2. The molecule has 0 amide bonds. The van der Waals surface area contributed by atoms with Gasteiger partial charge in [0, 0.05) is 24.9 Å². The second-order valence-electron chi connectivity index (χ2n) is 10.5. The van der Waals surface area contributed by atoms with E-state index in [9.17, 15) is 10.5 Å². The van der Waals surface area contributed by atoms with E-state index in [4.69, 9.17) is 4.74 Å². The van der Waals surface area contributed by atoms with Crippen LogP contribution in [0.3, 0.4) is 0 Å². The molecule has 6 heteroatoms. The third kappa shape index (κ3) is 6.78. The summed E-state index contributed by atoms with van der Waals surface area (Å²) in [5, 5.41) is 28.0. The van der Waals surface area contributed by atoms with Crippen molar-refractivity contribution < 1.29 is 4.74 Å². The minimum Gasteiger partial charge on any atom is -0.481 e. The lowest BCUT2D eigenvalue weighted by molar-refractivity contribution is 0.0949. The summed E-state index contributed by atoms with van der Waals surface area (Å²) < 4.78 is 5.98. The van der Waals surface area contributed by atoms with Gasteiger partial charge in [-0.25, -0.2) is 0 Å². The Labute approximate surface area is 227 Å². The molecule has 0 aromatic heterocycles. The highest BCUT2D eigenvalue weighted by Gasteiger charge is 2.37. The van der Waals surface area contributed by atoms with E-state index in [0.717, 1.165) is 47.5 Å². The maximum Gasteiger partial charge on any atom is 0.152 e. The molecular weight excluding hydrogens is 470 g/mol. The maximum atomic E-state index is 9.77. The monoisotopic (exact) mass is 507 g/mol. The zero-order chi connectivity index (χ0) is 27.9. The first-order valence-electron chi connectivity index (χ1n) is 13.1. The highest BCUT2D eigenvalue weighted by molar-refractivity contribution is 5.65. The number of aryl methyl sites for hydroxylation is 1. The lowest BCUT2D eigenvalue weighted by atomic mass is 9.93. The highest BCUT2D eigenvalue weighted by atomic mass is 16.5. The van der Waals surface area contributed by atoms with Gasteiger partial charge in [-0.2, -0.15) is 20.8 Å². The molecule has 0 saturated carbocycles. The van der Waals surface area contributed by atoms with Crippen molar-refractivity contribution in [1.82, 2.24) is 0 Å². The minimum atomic E-state index is -0.700. The molecule has 1 aliphatic heterocycles. The second-order valence-corrected chi connectivity index (χ2v) is 10.5. The fourth-order valence-electron chi connectivity index (χ4n) is 4.26. The van der Waals surface area contributed by atoms with Crippen molar-refractivity contribution in [3.05, 3.63) is 82.1 Å².